The molecule has 1 aromatic heterocycles. The minimum Gasteiger partial charge on any atom is -0.444 e. The van der Waals surface area contributed by atoms with E-state index in [1.54, 1.807) is 17.0 Å². The first-order valence-electron chi connectivity index (χ1n) is 7.77. The van der Waals surface area contributed by atoms with Gasteiger partial charge in [-0.05, 0) is 52.3 Å². The Labute approximate surface area is 155 Å². The molecule has 0 saturated carbocycles. The summed E-state index contributed by atoms with van der Waals surface area (Å²) < 4.78 is 43.5. The van der Waals surface area contributed by atoms with E-state index >= 15 is 0 Å². The quantitative estimate of drug-likeness (QED) is 0.730. The van der Waals surface area contributed by atoms with Crippen LogP contribution < -0.4 is 0 Å². The maximum absolute atomic E-state index is 12.6. The minimum atomic E-state index is -4.44. The first-order chi connectivity index (χ1) is 12.3. The summed E-state index contributed by atoms with van der Waals surface area (Å²) in [6.07, 6.45) is -4.44. The largest absolute Gasteiger partial charge is 0.444 e. The van der Waals surface area contributed by atoms with Gasteiger partial charge in [0, 0.05) is 31.7 Å². The highest BCUT2D eigenvalue weighted by molar-refractivity contribution is 9.10. The predicted molar refractivity (Wildman–Crippen MR) is 89.7 cm³/mol. The number of rotatable bonds is 2. The van der Waals surface area contributed by atoms with Gasteiger partial charge < -0.3 is 14.2 Å². The number of hydrogen-bond acceptors (Lipinski definition) is 3. The second-order valence-electron chi connectivity index (χ2n) is 5.76. The van der Waals surface area contributed by atoms with Gasteiger partial charge in [-0.2, -0.15) is 13.2 Å². The number of amides is 2. The highest BCUT2D eigenvalue weighted by atomic mass is 79.9. The highest BCUT2D eigenvalue weighted by Gasteiger charge is 2.31. The minimum absolute atomic E-state index is 0.188. The first kappa shape index (κ1) is 18.5. The Balaban J connectivity index is 1.61. The van der Waals surface area contributed by atoms with Gasteiger partial charge in [0.05, 0.1) is 5.56 Å². The summed E-state index contributed by atoms with van der Waals surface area (Å²) in [7, 11) is 0. The lowest BCUT2D eigenvalue weighted by Crippen LogP contribution is -2.50. The third-order valence-corrected chi connectivity index (χ3v) is 4.52. The molecule has 1 aliphatic heterocycles. The van der Waals surface area contributed by atoms with Crippen LogP contribution in [0.4, 0.5) is 13.2 Å². The number of piperazine rings is 1. The van der Waals surface area contributed by atoms with Crippen molar-refractivity contribution >= 4 is 27.7 Å². The third kappa shape index (κ3) is 3.92. The van der Waals surface area contributed by atoms with Crippen molar-refractivity contribution in [2.24, 2.45) is 0 Å². The van der Waals surface area contributed by atoms with Crippen LogP contribution in [0.2, 0.25) is 0 Å². The standard InChI is InChI=1S/C17H14BrF3N2O3/c18-14-6-5-13(26-14)16(25)23-9-7-22(8-10-23)15(24)11-1-3-12(4-2-11)17(19,20)21/h1-6H,7-10H2. The van der Waals surface area contributed by atoms with Crippen LogP contribution in [0.1, 0.15) is 26.5 Å². The van der Waals surface area contributed by atoms with Crippen molar-refractivity contribution in [1.29, 1.82) is 0 Å². The summed E-state index contributed by atoms with van der Waals surface area (Å²) in [4.78, 5) is 27.8. The molecule has 0 N–H and O–H groups in total. The maximum Gasteiger partial charge on any atom is 0.416 e. The van der Waals surface area contributed by atoms with E-state index in [0.717, 1.165) is 12.1 Å². The average molecular weight is 431 g/mol. The second kappa shape index (κ2) is 7.14. The molecule has 0 spiro atoms. The summed E-state index contributed by atoms with van der Waals surface area (Å²) in [5, 5.41) is 0. The van der Waals surface area contributed by atoms with Crippen molar-refractivity contribution in [2.45, 2.75) is 6.18 Å². The molecule has 1 aliphatic rings. The van der Waals surface area contributed by atoms with Gasteiger partial charge in [-0.1, -0.05) is 0 Å². The molecular weight excluding hydrogens is 417 g/mol. The van der Waals surface area contributed by atoms with Crippen molar-refractivity contribution in [2.75, 3.05) is 26.2 Å². The van der Waals surface area contributed by atoms with E-state index in [1.165, 1.54) is 17.0 Å². The van der Waals surface area contributed by atoms with Gasteiger partial charge in [0.15, 0.2) is 10.4 Å². The fraction of sp³-hybridized carbons (Fsp3) is 0.294. The van der Waals surface area contributed by atoms with Gasteiger partial charge in [0.1, 0.15) is 0 Å². The Morgan fingerprint density at radius 1 is 0.885 bits per heavy atom. The summed E-state index contributed by atoms with van der Waals surface area (Å²) in [6, 6.07) is 7.30. The second-order valence-corrected chi connectivity index (χ2v) is 6.54. The first-order valence-corrected chi connectivity index (χ1v) is 8.56. The molecule has 0 bridgehead atoms. The van der Waals surface area contributed by atoms with Crippen molar-refractivity contribution < 1.29 is 27.2 Å². The number of carbonyl (C=O) groups is 2. The number of furan rings is 1. The lowest BCUT2D eigenvalue weighted by atomic mass is 10.1. The van der Waals surface area contributed by atoms with Gasteiger partial charge in [-0.25, -0.2) is 0 Å². The topological polar surface area (TPSA) is 53.8 Å². The molecule has 138 valence electrons. The lowest BCUT2D eigenvalue weighted by molar-refractivity contribution is -0.137. The fourth-order valence-electron chi connectivity index (χ4n) is 2.68. The molecule has 26 heavy (non-hydrogen) atoms. The summed E-state index contributed by atoms with van der Waals surface area (Å²) in [5.41, 5.74) is -0.609. The van der Waals surface area contributed by atoms with E-state index < -0.39 is 11.7 Å². The van der Waals surface area contributed by atoms with Crippen molar-refractivity contribution in [3.05, 3.63) is 58.0 Å². The third-order valence-electron chi connectivity index (χ3n) is 4.10. The van der Waals surface area contributed by atoms with Gasteiger partial charge in [-0.3, -0.25) is 9.59 Å². The average Bonchev–Trinajstić information content (AvgIpc) is 3.06. The lowest BCUT2D eigenvalue weighted by Gasteiger charge is -2.34. The van der Waals surface area contributed by atoms with Crippen LogP contribution in [0.5, 0.6) is 0 Å². The zero-order chi connectivity index (χ0) is 18.9. The highest BCUT2D eigenvalue weighted by Crippen LogP contribution is 2.29. The molecule has 5 nitrogen and oxygen atoms in total. The number of hydrogen-bond donors (Lipinski definition) is 0. The Hall–Kier alpha value is -2.29. The normalized spacial score (nSPS) is 15.2. The monoisotopic (exact) mass is 430 g/mol. The van der Waals surface area contributed by atoms with E-state index in [1.807, 2.05) is 0 Å². The number of halogens is 4. The van der Waals surface area contributed by atoms with Gasteiger partial charge in [0.25, 0.3) is 11.8 Å². The van der Waals surface area contributed by atoms with Gasteiger partial charge in [-0.15, -0.1) is 0 Å². The zero-order valence-electron chi connectivity index (χ0n) is 13.4. The number of alkyl halides is 3. The maximum atomic E-state index is 12.6. The van der Waals surface area contributed by atoms with Crippen LogP contribution in [0.25, 0.3) is 0 Å². The molecule has 0 radical (unpaired) electrons. The van der Waals surface area contributed by atoms with E-state index in [4.69, 9.17) is 4.42 Å². The predicted octanol–water partition coefficient (Wildman–Crippen LogP) is 3.66. The Morgan fingerprint density at radius 3 is 1.88 bits per heavy atom. The van der Waals surface area contributed by atoms with Gasteiger partial charge >= 0.3 is 6.18 Å². The summed E-state index contributed by atoms with van der Waals surface area (Å²) >= 11 is 3.14. The fourth-order valence-corrected chi connectivity index (χ4v) is 2.99. The molecule has 2 amide bonds. The molecule has 2 heterocycles. The summed E-state index contributed by atoms with van der Waals surface area (Å²) in [6.45, 7) is 1.24. The van der Waals surface area contributed by atoms with Crippen molar-refractivity contribution in [3.8, 4) is 0 Å². The van der Waals surface area contributed by atoms with Crippen LogP contribution in [0, 0.1) is 0 Å². The Bertz CT molecular complexity index is 809. The molecule has 0 atom stereocenters. The molecular formula is C17H14BrF3N2O3. The van der Waals surface area contributed by atoms with Crippen LogP contribution >= 0.6 is 15.9 Å². The van der Waals surface area contributed by atoms with Crippen molar-refractivity contribution in [1.82, 2.24) is 9.80 Å². The molecule has 1 saturated heterocycles. The molecule has 1 fully saturated rings. The van der Waals surface area contributed by atoms with E-state index in [0.29, 0.717) is 30.8 Å². The molecule has 0 unspecified atom stereocenters. The van der Waals surface area contributed by atoms with Crippen LogP contribution in [-0.2, 0) is 6.18 Å². The smallest absolute Gasteiger partial charge is 0.416 e. The van der Waals surface area contributed by atoms with Crippen LogP contribution in [-0.4, -0.2) is 47.8 Å². The van der Waals surface area contributed by atoms with Gasteiger partial charge in [0.2, 0.25) is 0 Å². The number of nitrogens with zero attached hydrogens (tertiary/aromatic N) is 2. The number of benzene rings is 1. The Kier molecular flexibility index (Phi) is 5.08. The van der Waals surface area contributed by atoms with E-state index in [2.05, 4.69) is 15.9 Å². The Morgan fingerprint density at radius 2 is 1.42 bits per heavy atom. The number of carbonyl (C=O) groups excluding carboxylic acids is 2. The molecule has 0 aliphatic carbocycles. The van der Waals surface area contributed by atoms with Crippen LogP contribution in [0.3, 0.4) is 0 Å². The SMILES string of the molecule is O=C(c1ccc(C(F)(F)F)cc1)N1CCN(C(=O)c2ccc(Br)o2)CC1. The molecule has 2 aromatic rings. The van der Waals surface area contributed by atoms with Crippen LogP contribution in [0.15, 0.2) is 45.5 Å². The molecule has 3 rings (SSSR count). The zero-order valence-corrected chi connectivity index (χ0v) is 15.0. The summed E-state index contributed by atoms with van der Waals surface area (Å²) in [5.74, 6) is -0.414. The van der Waals surface area contributed by atoms with Crippen molar-refractivity contribution in [3.63, 3.8) is 0 Å². The molecule has 1 aromatic carbocycles. The molecule has 9 heteroatoms. The van der Waals surface area contributed by atoms with E-state index in [-0.39, 0.29) is 23.1 Å². The van der Waals surface area contributed by atoms with E-state index in [9.17, 15) is 22.8 Å².